The average Bonchev–Trinajstić information content (AvgIpc) is 2.54. The van der Waals surface area contributed by atoms with E-state index in [1.165, 1.54) is 0 Å². The van der Waals surface area contributed by atoms with Gasteiger partial charge in [-0.3, -0.25) is 9.36 Å². The highest BCUT2D eigenvalue weighted by molar-refractivity contribution is 7.57. The van der Waals surface area contributed by atoms with Crippen molar-refractivity contribution in [2.45, 2.75) is 12.6 Å². The molecule has 0 fully saturated rings. The van der Waals surface area contributed by atoms with E-state index < -0.39 is 25.7 Å². The highest BCUT2D eigenvalue weighted by Crippen LogP contribution is 2.46. The SMILES string of the molecule is O=C(CO)C(Cc1ccccc1)CP(=O)(O)Cc1ccccc1. The third kappa shape index (κ3) is 5.76. The normalized spacial score (nSPS) is 14.9. The summed E-state index contributed by atoms with van der Waals surface area (Å²) in [7, 11) is -3.51. The van der Waals surface area contributed by atoms with Crippen LogP contribution >= 0.6 is 7.37 Å². The summed E-state index contributed by atoms with van der Waals surface area (Å²) in [4.78, 5) is 22.2. The van der Waals surface area contributed by atoms with Gasteiger partial charge in [0.05, 0.1) is 0 Å². The Kier molecular flexibility index (Phi) is 6.28. The monoisotopic (exact) mass is 332 g/mol. The molecule has 4 nitrogen and oxygen atoms in total. The lowest BCUT2D eigenvalue weighted by Crippen LogP contribution is -2.24. The summed E-state index contributed by atoms with van der Waals surface area (Å²) in [5.41, 5.74) is 1.69. The van der Waals surface area contributed by atoms with Crippen LogP contribution in [0.1, 0.15) is 11.1 Å². The Morgan fingerprint density at radius 1 is 0.957 bits per heavy atom. The van der Waals surface area contributed by atoms with Crippen LogP contribution in [-0.4, -0.2) is 28.6 Å². The van der Waals surface area contributed by atoms with Crippen LogP contribution in [0.3, 0.4) is 0 Å². The highest BCUT2D eigenvalue weighted by atomic mass is 31.2. The third-order valence-electron chi connectivity index (χ3n) is 3.71. The smallest absolute Gasteiger partial charge is 0.205 e. The molecule has 0 aliphatic heterocycles. The quantitative estimate of drug-likeness (QED) is 0.729. The van der Waals surface area contributed by atoms with Crippen molar-refractivity contribution in [1.29, 1.82) is 0 Å². The second-order valence-corrected chi connectivity index (χ2v) is 8.06. The van der Waals surface area contributed by atoms with Crippen LogP contribution in [0, 0.1) is 5.92 Å². The van der Waals surface area contributed by atoms with Crippen LogP contribution in [0.15, 0.2) is 60.7 Å². The van der Waals surface area contributed by atoms with Gasteiger partial charge in [0.15, 0.2) is 5.78 Å². The number of carbonyl (C=O) groups is 1. The molecule has 2 aromatic rings. The third-order valence-corrected chi connectivity index (χ3v) is 5.58. The zero-order valence-electron chi connectivity index (χ0n) is 12.8. The lowest BCUT2D eigenvalue weighted by atomic mass is 9.97. The molecule has 0 aliphatic carbocycles. The second-order valence-electron chi connectivity index (χ2n) is 5.68. The summed E-state index contributed by atoms with van der Waals surface area (Å²) < 4.78 is 12.5. The Bertz CT molecular complexity index is 670. The zero-order chi connectivity index (χ0) is 16.7. The summed E-state index contributed by atoms with van der Waals surface area (Å²) in [6.45, 7) is -0.608. The number of hydrogen-bond acceptors (Lipinski definition) is 3. The Morgan fingerprint density at radius 2 is 1.48 bits per heavy atom. The van der Waals surface area contributed by atoms with Crippen molar-refractivity contribution in [2.24, 2.45) is 5.92 Å². The van der Waals surface area contributed by atoms with Crippen molar-refractivity contribution in [1.82, 2.24) is 0 Å². The van der Waals surface area contributed by atoms with Crippen molar-refractivity contribution in [3.05, 3.63) is 71.8 Å². The maximum absolute atomic E-state index is 12.5. The average molecular weight is 332 g/mol. The molecule has 2 rings (SSSR count). The van der Waals surface area contributed by atoms with Gasteiger partial charge in [-0.15, -0.1) is 0 Å². The molecule has 2 aromatic carbocycles. The minimum atomic E-state index is -3.51. The summed E-state index contributed by atoms with van der Waals surface area (Å²) in [5.74, 6) is -1.04. The number of benzene rings is 2. The molecular formula is C18H21O4P. The Hall–Kier alpha value is -1.74. The standard InChI is InChI=1S/C18H21O4P/c19-12-18(20)17(11-15-7-3-1-4-8-15)14-23(21,22)13-16-9-5-2-6-10-16/h1-10,17,19H,11-14H2,(H,21,22). The van der Waals surface area contributed by atoms with Crippen LogP contribution in [-0.2, 0) is 21.9 Å². The number of Topliss-reactive ketones (excluding diaryl/α,β-unsaturated/α-hetero) is 1. The van der Waals surface area contributed by atoms with Crippen molar-refractivity contribution < 1.29 is 19.4 Å². The number of carbonyl (C=O) groups excluding carboxylic acids is 1. The van der Waals surface area contributed by atoms with Gasteiger partial charge < -0.3 is 10.00 Å². The van der Waals surface area contributed by atoms with Gasteiger partial charge in [-0.05, 0) is 17.5 Å². The first-order valence-corrected chi connectivity index (χ1v) is 9.55. The molecule has 0 radical (unpaired) electrons. The topological polar surface area (TPSA) is 74.6 Å². The molecule has 0 amide bonds. The molecule has 0 aliphatic rings. The minimum Gasteiger partial charge on any atom is -0.389 e. The first kappa shape index (κ1) is 17.6. The van der Waals surface area contributed by atoms with Crippen molar-refractivity contribution in [3.63, 3.8) is 0 Å². The van der Waals surface area contributed by atoms with Gasteiger partial charge in [-0.25, -0.2) is 0 Å². The Balaban J connectivity index is 2.10. The van der Waals surface area contributed by atoms with Crippen LogP contribution in [0.25, 0.3) is 0 Å². The predicted octanol–water partition coefficient (Wildman–Crippen LogP) is 2.88. The molecule has 0 saturated carbocycles. The number of aliphatic hydroxyl groups is 1. The van der Waals surface area contributed by atoms with Gasteiger partial charge in [0.25, 0.3) is 0 Å². The van der Waals surface area contributed by atoms with E-state index in [0.717, 1.165) is 11.1 Å². The fraction of sp³-hybridized carbons (Fsp3) is 0.278. The number of ketones is 1. The van der Waals surface area contributed by atoms with Crippen LogP contribution in [0.2, 0.25) is 0 Å². The van der Waals surface area contributed by atoms with Crippen LogP contribution in [0.5, 0.6) is 0 Å². The van der Waals surface area contributed by atoms with E-state index in [2.05, 4.69) is 0 Å². The summed E-state index contributed by atoms with van der Waals surface area (Å²) in [6.07, 6.45) is 0.285. The number of aliphatic hydroxyl groups excluding tert-OH is 1. The Labute approximate surface area is 136 Å². The summed E-state index contributed by atoms with van der Waals surface area (Å²) in [6, 6.07) is 18.4. The molecule has 0 heterocycles. The first-order valence-electron chi connectivity index (χ1n) is 7.52. The van der Waals surface area contributed by atoms with E-state index in [4.69, 9.17) is 5.11 Å². The molecule has 2 atom stereocenters. The van der Waals surface area contributed by atoms with E-state index in [-0.39, 0.29) is 12.3 Å². The van der Waals surface area contributed by atoms with Gasteiger partial charge >= 0.3 is 0 Å². The molecule has 122 valence electrons. The number of rotatable bonds is 8. The molecule has 23 heavy (non-hydrogen) atoms. The highest BCUT2D eigenvalue weighted by Gasteiger charge is 2.28. The van der Waals surface area contributed by atoms with Gasteiger partial charge in [-0.2, -0.15) is 0 Å². The van der Waals surface area contributed by atoms with E-state index >= 15 is 0 Å². The second kappa shape index (κ2) is 8.21. The van der Waals surface area contributed by atoms with Gasteiger partial charge in [0.1, 0.15) is 6.61 Å². The molecule has 2 unspecified atom stereocenters. The molecule has 2 N–H and O–H groups in total. The van der Waals surface area contributed by atoms with Gasteiger partial charge in [-0.1, -0.05) is 60.7 Å². The number of hydrogen-bond donors (Lipinski definition) is 2. The molecule has 0 spiro atoms. The fourth-order valence-electron chi connectivity index (χ4n) is 2.59. The summed E-state index contributed by atoms with van der Waals surface area (Å²) in [5, 5.41) is 9.15. The largest absolute Gasteiger partial charge is 0.389 e. The predicted molar refractivity (Wildman–Crippen MR) is 90.6 cm³/mol. The summed E-state index contributed by atoms with van der Waals surface area (Å²) >= 11 is 0. The van der Waals surface area contributed by atoms with Crippen LogP contribution < -0.4 is 0 Å². The zero-order valence-corrected chi connectivity index (χ0v) is 13.7. The van der Waals surface area contributed by atoms with E-state index in [1.807, 2.05) is 48.5 Å². The first-order chi connectivity index (χ1) is 11.0. The maximum atomic E-state index is 12.5. The van der Waals surface area contributed by atoms with Crippen LogP contribution in [0.4, 0.5) is 0 Å². The lowest BCUT2D eigenvalue weighted by Gasteiger charge is -2.19. The Morgan fingerprint density at radius 3 is 2.00 bits per heavy atom. The lowest BCUT2D eigenvalue weighted by molar-refractivity contribution is -0.125. The molecule has 0 bridgehead atoms. The van der Waals surface area contributed by atoms with E-state index in [1.54, 1.807) is 12.1 Å². The van der Waals surface area contributed by atoms with Crippen molar-refractivity contribution >= 4 is 13.2 Å². The van der Waals surface area contributed by atoms with Crippen molar-refractivity contribution in [3.8, 4) is 0 Å². The molecule has 5 heteroatoms. The maximum Gasteiger partial charge on any atom is 0.205 e. The van der Waals surface area contributed by atoms with Gasteiger partial charge in [0, 0.05) is 18.2 Å². The van der Waals surface area contributed by atoms with E-state index in [0.29, 0.717) is 6.42 Å². The molecular weight excluding hydrogens is 311 g/mol. The fourth-order valence-corrected chi connectivity index (χ4v) is 4.52. The molecule has 0 aromatic heterocycles. The van der Waals surface area contributed by atoms with Crippen molar-refractivity contribution in [2.75, 3.05) is 12.8 Å². The van der Waals surface area contributed by atoms with E-state index in [9.17, 15) is 14.3 Å². The molecule has 0 saturated heterocycles. The minimum absolute atomic E-state index is 0.0395. The van der Waals surface area contributed by atoms with Gasteiger partial charge in [0.2, 0.25) is 7.37 Å².